The van der Waals surface area contributed by atoms with Crippen LogP contribution in [0.25, 0.3) is 0 Å². The van der Waals surface area contributed by atoms with Crippen LogP contribution < -0.4 is 5.73 Å². The van der Waals surface area contributed by atoms with Gasteiger partial charge in [0.1, 0.15) is 0 Å². The van der Waals surface area contributed by atoms with Gasteiger partial charge in [0.15, 0.2) is 0 Å². The standard InChI is InChI=1S/C10H16BrN3.ClH/c1-8(4-12)14(2)7-9-3-10(11)6-13-5-9;/h3,5-6,8H,4,7,12H2,1-2H3;1H. The number of hydrogen-bond acceptors (Lipinski definition) is 3. The fourth-order valence-electron chi connectivity index (χ4n) is 1.17. The summed E-state index contributed by atoms with van der Waals surface area (Å²) in [6.07, 6.45) is 3.67. The minimum absolute atomic E-state index is 0. The predicted octanol–water partition coefficient (Wildman–Crippen LogP) is 2.04. The Bertz CT molecular complexity index is 296. The Morgan fingerprint density at radius 1 is 1.53 bits per heavy atom. The van der Waals surface area contributed by atoms with E-state index in [2.05, 4.69) is 45.9 Å². The number of nitrogens with zero attached hydrogens (tertiary/aromatic N) is 2. The van der Waals surface area contributed by atoms with Crippen molar-refractivity contribution in [2.75, 3.05) is 13.6 Å². The number of rotatable bonds is 4. The lowest BCUT2D eigenvalue weighted by molar-refractivity contribution is 0.254. The van der Waals surface area contributed by atoms with Gasteiger partial charge in [-0.1, -0.05) is 0 Å². The number of aromatic nitrogens is 1. The highest BCUT2D eigenvalue weighted by atomic mass is 79.9. The Morgan fingerprint density at radius 3 is 2.73 bits per heavy atom. The summed E-state index contributed by atoms with van der Waals surface area (Å²) in [5.74, 6) is 0. The molecular formula is C10H17BrClN3. The molecule has 0 aliphatic rings. The van der Waals surface area contributed by atoms with Crippen molar-refractivity contribution < 1.29 is 0 Å². The minimum atomic E-state index is 0. The highest BCUT2D eigenvalue weighted by Gasteiger charge is 2.07. The van der Waals surface area contributed by atoms with Gasteiger partial charge in [0.05, 0.1) is 0 Å². The predicted molar refractivity (Wildman–Crippen MR) is 69.2 cm³/mol. The van der Waals surface area contributed by atoms with Crippen LogP contribution in [-0.4, -0.2) is 29.5 Å². The minimum Gasteiger partial charge on any atom is -0.329 e. The maximum atomic E-state index is 5.59. The normalized spacial score (nSPS) is 12.3. The smallest absolute Gasteiger partial charge is 0.0410 e. The average molecular weight is 295 g/mol. The molecule has 2 N–H and O–H groups in total. The van der Waals surface area contributed by atoms with Crippen molar-refractivity contribution >= 4 is 28.3 Å². The van der Waals surface area contributed by atoms with Gasteiger partial charge in [-0.2, -0.15) is 0 Å². The van der Waals surface area contributed by atoms with Crippen LogP contribution in [0.3, 0.4) is 0 Å². The number of pyridine rings is 1. The molecule has 0 spiro atoms. The van der Waals surface area contributed by atoms with E-state index in [1.54, 1.807) is 6.20 Å². The van der Waals surface area contributed by atoms with E-state index in [-0.39, 0.29) is 12.4 Å². The largest absolute Gasteiger partial charge is 0.329 e. The van der Waals surface area contributed by atoms with Crippen molar-refractivity contribution in [3.8, 4) is 0 Å². The van der Waals surface area contributed by atoms with Crippen LogP contribution in [0.1, 0.15) is 12.5 Å². The lowest BCUT2D eigenvalue weighted by Crippen LogP contribution is -2.34. The molecule has 86 valence electrons. The molecule has 1 heterocycles. The number of halogens is 2. The van der Waals surface area contributed by atoms with Crippen LogP contribution in [0.15, 0.2) is 22.9 Å². The van der Waals surface area contributed by atoms with Crippen LogP contribution in [0.4, 0.5) is 0 Å². The Hall–Kier alpha value is -0.160. The Kier molecular flexibility index (Phi) is 7.09. The van der Waals surface area contributed by atoms with E-state index in [0.717, 1.165) is 11.0 Å². The van der Waals surface area contributed by atoms with Gasteiger partial charge in [-0.3, -0.25) is 9.88 Å². The van der Waals surface area contributed by atoms with Crippen LogP contribution >= 0.6 is 28.3 Å². The first-order valence-electron chi connectivity index (χ1n) is 4.63. The van der Waals surface area contributed by atoms with Gasteiger partial charge in [-0.15, -0.1) is 12.4 Å². The van der Waals surface area contributed by atoms with Crippen LogP contribution in [0.2, 0.25) is 0 Å². The molecule has 0 radical (unpaired) electrons. The fraction of sp³-hybridized carbons (Fsp3) is 0.500. The summed E-state index contributed by atoms with van der Waals surface area (Å²) in [5.41, 5.74) is 6.79. The van der Waals surface area contributed by atoms with Gasteiger partial charge in [-0.05, 0) is 41.5 Å². The Balaban J connectivity index is 0.00000196. The third-order valence-electron chi connectivity index (χ3n) is 2.29. The molecule has 1 unspecified atom stereocenters. The third-order valence-corrected chi connectivity index (χ3v) is 2.72. The summed E-state index contributed by atoms with van der Waals surface area (Å²) in [5, 5.41) is 0. The van der Waals surface area contributed by atoms with E-state index in [1.807, 2.05) is 6.20 Å². The van der Waals surface area contributed by atoms with Gasteiger partial charge >= 0.3 is 0 Å². The van der Waals surface area contributed by atoms with Crippen molar-refractivity contribution in [3.63, 3.8) is 0 Å². The fourth-order valence-corrected chi connectivity index (χ4v) is 1.58. The van der Waals surface area contributed by atoms with Crippen LogP contribution in [0.5, 0.6) is 0 Å². The average Bonchev–Trinajstić information content (AvgIpc) is 2.16. The first-order valence-corrected chi connectivity index (χ1v) is 5.42. The van der Waals surface area contributed by atoms with Crippen molar-refractivity contribution in [2.24, 2.45) is 5.73 Å². The van der Waals surface area contributed by atoms with Crippen LogP contribution in [0, 0.1) is 0 Å². The first-order chi connectivity index (χ1) is 6.63. The van der Waals surface area contributed by atoms with Crippen molar-refractivity contribution in [1.29, 1.82) is 0 Å². The van der Waals surface area contributed by atoms with Gasteiger partial charge < -0.3 is 5.73 Å². The molecule has 1 rings (SSSR count). The molecule has 5 heteroatoms. The van der Waals surface area contributed by atoms with E-state index in [1.165, 1.54) is 5.56 Å². The summed E-state index contributed by atoms with van der Waals surface area (Å²) in [4.78, 5) is 6.33. The van der Waals surface area contributed by atoms with Crippen molar-refractivity contribution in [2.45, 2.75) is 19.5 Å². The second kappa shape index (κ2) is 7.17. The molecular weight excluding hydrogens is 277 g/mol. The number of nitrogens with two attached hydrogens (primary N) is 1. The summed E-state index contributed by atoms with van der Waals surface area (Å²) < 4.78 is 1.02. The summed E-state index contributed by atoms with van der Waals surface area (Å²) >= 11 is 3.40. The monoisotopic (exact) mass is 293 g/mol. The molecule has 3 nitrogen and oxygen atoms in total. The SMILES string of the molecule is CC(CN)N(C)Cc1cncc(Br)c1.Cl. The molecule has 0 aromatic carbocycles. The topological polar surface area (TPSA) is 42.1 Å². The number of hydrogen-bond donors (Lipinski definition) is 1. The molecule has 0 bridgehead atoms. The van der Waals surface area contributed by atoms with Crippen molar-refractivity contribution in [1.82, 2.24) is 9.88 Å². The maximum absolute atomic E-state index is 5.59. The molecule has 0 aliphatic heterocycles. The van der Waals surface area contributed by atoms with Gasteiger partial charge in [0, 0.05) is 36.0 Å². The van der Waals surface area contributed by atoms with E-state index in [4.69, 9.17) is 5.73 Å². The molecule has 0 saturated carbocycles. The zero-order chi connectivity index (χ0) is 10.6. The second-order valence-electron chi connectivity index (χ2n) is 3.51. The molecule has 0 saturated heterocycles. The molecule has 0 aliphatic carbocycles. The molecule has 15 heavy (non-hydrogen) atoms. The zero-order valence-electron chi connectivity index (χ0n) is 8.98. The highest BCUT2D eigenvalue weighted by molar-refractivity contribution is 9.10. The molecule has 0 amide bonds. The van der Waals surface area contributed by atoms with Crippen molar-refractivity contribution in [3.05, 3.63) is 28.5 Å². The lowest BCUT2D eigenvalue weighted by Gasteiger charge is -2.23. The third kappa shape index (κ3) is 4.93. The van der Waals surface area contributed by atoms with Gasteiger partial charge in [0.25, 0.3) is 0 Å². The summed E-state index contributed by atoms with van der Waals surface area (Å²) in [7, 11) is 2.07. The zero-order valence-corrected chi connectivity index (χ0v) is 11.4. The molecule has 0 fully saturated rings. The molecule has 1 aromatic rings. The van der Waals surface area contributed by atoms with Gasteiger partial charge in [-0.25, -0.2) is 0 Å². The molecule has 1 atom stereocenters. The summed E-state index contributed by atoms with van der Waals surface area (Å²) in [6, 6.07) is 2.47. The van der Waals surface area contributed by atoms with E-state index >= 15 is 0 Å². The number of likely N-dealkylation sites (N-methyl/N-ethyl adjacent to an activating group) is 1. The van der Waals surface area contributed by atoms with E-state index in [0.29, 0.717) is 12.6 Å². The van der Waals surface area contributed by atoms with E-state index in [9.17, 15) is 0 Å². The maximum Gasteiger partial charge on any atom is 0.0410 e. The van der Waals surface area contributed by atoms with Gasteiger partial charge in [0.2, 0.25) is 0 Å². The highest BCUT2D eigenvalue weighted by Crippen LogP contribution is 2.11. The quantitative estimate of drug-likeness (QED) is 0.924. The molecule has 1 aromatic heterocycles. The Labute approximate surface area is 106 Å². The first kappa shape index (κ1) is 14.8. The van der Waals surface area contributed by atoms with E-state index < -0.39 is 0 Å². The summed E-state index contributed by atoms with van der Waals surface area (Å²) in [6.45, 7) is 3.67. The second-order valence-corrected chi connectivity index (χ2v) is 4.43. The Morgan fingerprint density at radius 2 is 2.20 bits per heavy atom. The lowest BCUT2D eigenvalue weighted by atomic mass is 10.2. The van der Waals surface area contributed by atoms with Crippen LogP contribution in [-0.2, 0) is 6.54 Å².